The SMILES string of the molecule is CC(NC(C)(C)C)C(O)c1ccc(OC(=O)c2ccc3c(c2)OCO3)c2[nH]c(=O)ccc12. The number of fused-ring (bicyclic) bond motifs is 2. The Kier molecular flexibility index (Phi) is 5.66. The molecule has 8 nitrogen and oxygen atoms in total. The van der Waals surface area contributed by atoms with E-state index in [1.54, 1.807) is 36.4 Å². The minimum atomic E-state index is -0.846. The second kappa shape index (κ2) is 8.29. The van der Waals surface area contributed by atoms with Crippen molar-refractivity contribution in [3.63, 3.8) is 0 Å². The van der Waals surface area contributed by atoms with Crippen LogP contribution in [0.4, 0.5) is 0 Å². The zero-order chi connectivity index (χ0) is 23.0. The number of benzene rings is 2. The molecule has 0 fully saturated rings. The fourth-order valence-corrected chi connectivity index (χ4v) is 3.80. The van der Waals surface area contributed by atoms with Gasteiger partial charge in [0.2, 0.25) is 12.4 Å². The molecule has 4 rings (SSSR count). The van der Waals surface area contributed by atoms with Crippen molar-refractivity contribution in [2.24, 2.45) is 0 Å². The number of aromatic nitrogens is 1. The number of H-pyrrole nitrogens is 1. The summed E-state index contributed by atoms with van der Waals surface area (Å²) in [7, 11) is 0. The third kappa shape index (κ3) is 4.46. The topological polar surface area (TPSA) is 110 Å². The van der Waals surface area contributed by atoms with Crippen molar-refractivity contribution in [1.29, 1.82) is 0 Å². The normalized spacial score (nSPS) is 14.9. The lowest BCUT2D eigenvalue weighted by Gasteiger charge is -2.30. The van der Waals surface area contributed by atoms with Gasteiger partial charge in [0, 0.05) is 23.0 Å². The lowest BCUT2D eigenvalue weighted by molar-refractivity contribution is 0.0736. The van der Waals surface area contributed by atoms with Gasteiger partial charge in [-0.1, -0.05) is 6.07 Å². The highest BCUT2D eigenvalue weighted by molar-refractivity contribution is 5.95. The van der Waals surface area contributed by atoms with Crippen LogP contribution in [0.2, 0.25) is 0 Å². The molecule has 1 aromatic heterocycles. The van der Waals surface area contributed by atoms with Crippen LogP contribution >= 0.6 is 0 Å². The average molecular weight is 438 g/mol. The first kappa shape index (κ1) is 21.9. The first-order valence-corrected chi connectivity index (χ1v) is 10.4. The maximum atomic E-state index is 12.8. The Bertz CT molecular complexity index is 1230. The van der Waals surface area contributed by atoms with E-state index in [2.05, 4.69) is 10.3 Å². The third-order valence-electron chi connectivity index (χ3n) is 5.15. The van der Waals surface area contributed by atoms with E-state index in [0.717, 1.165) is 0 Å². The molecular weight excluding hydrogens is 412 g/mol. The second-order valence-corrected chi connectivity index (χ2v) is 8.85. The van der Waals surface area contributed by atoms with E-state index in [1.807, 2.05) is 27.7 Å². The minimum absolute atomic E-state index is 0.103. The van der Waals surface area contributed by atoms with E-state index in [9.17, 15) is 14.7 Å². The van der Waals surface area contributed by atoms with Crippen molar-refractivity contribution in [3.8, 4) is 17.2 Å². The van der Waals surface area contributed by atoms with Crippen molar-refractivity contribution in [3.05, 3.63) is 63.9 Å². The number of ether oxygens (including phenoxy) is 3. The van der Waals surface area contributed by atoms with Gasteiger partial charge in [-0.25, -0.2) is 4.79 Å². The van der Waals surface area contributed by atoms with Crippen LogP contribution in [-0.2, 0) is 0 Å². The quantitative estimate of drug-likeness (QED) is 0.414. The van der Waals surface area contributed by atoms with Gasteiger partial charge in [-0.2, -0.15) is 0 Å². The highest BCUT2D eigenvalue weighted by Crippen LogP contribution is 2.34. The van der Waals surface area contributed by atoms with Gasteiger partial charge in [0.25, 0.3) is 0 Å². The summed E-state index contributed by atoms with van der Waals surface area (Å²) < 4.78 is 16.2. The zero-order valence-corrected chi connectivity index (χ0v) is 18.4. The molecule has 0 saturated carbocycles. The van der Waals surface area contributed by atoms with Gasteiger partial charge < -0.3 is 29.6 Å². The van der Waals surface area contributed by atoms with Gasteiger partial charge in [-0.3, -0.25) is 4.79 Å². The number of aromatic amines is 1. The summed E-state index contributed by atoms with van der Waals surface area (Å²) in [4.78, 5) is 27.5. The number of nitrogens with one attached hydrogen (secondary N) is 2. The lowest BCUT2D eigenvalue weighted by atomic mass is 9.96. The summed E-state index contributed by atoms with van der Waals surface area (Å²) in [6.07, 6.45) is -0.846. The molecule has 0 spiro atoms. The second-order valence-electron chi connectivity index (χ2n) is 8.85. The van der Waals surface area contributed by atoms with Crippen molar-refractivity contribution in [1.82, 2.24) is 10.3 Å². The first-order chi connectivity index (χ1) is 15.1. The van der Waals surface area contributed by atoms with Crippen LogP contribution in [0, 0.1) is 0 Å². The number of carbonyl (C=O) groups is 1. The van der Waals surface area contributed by atoms with E-state index >= 15 is 0 Å². The highest BCUT2D eigenvalue weighted by atomic mass is 16.7. The molecule has 0 radical (unpaired) electrons. The molecule has 2 heterocycles. The van der Waals surface area contributed by atoms with Gasteiger partial charge in [-0.05, 0) is 63.6 Å². The molecule has 2 unspecified atom stereocenters. The smallest absolute Gasteiger partial charge is 0.343 e. The number of hydrogen-bond acceptors (Lipinski definition) is 7. The van der Waals surface area contributed by atoms with Crippen LogP contribution in [-0.4, -0.2) is 34.4 Å². The molecule has 0 aliphatic carbocycles. The summed E-state index contributed by atoms with van der Waals surface area (Å²) in [5.41, 5.74) is 0.706. The molecule has 2 aromatic carbocycles. The van der Waals surface area contributed by atoms with Crippen LogP contribution in [0.15, 0.2) is 47.3 Å². The number of aliphatic hydroxyl groups excluding tert-OH is 1. The average Bonchev–Trinajstić information content (AvgIpc) is 3.20. The third-order valence-corrected chi connectivity index (χ3v) is 5.15. The van der Waals surface area contributed by atoms with Gasteiger partial charge in [-0.15, -0.1) is 0 Å². The summed E-state index contributed by atoms with van der Waals surface area (Å²) in [6.45, 7) is 8.05. The van der Waals surface area contributed by atoms with E-state index in [1.165, 1.54) is 6.07 Å². The zero-order valence-electron chi connectivity index (χ0n) is 18.4. The number of hydrogen-bond donors (Lipinski definition) is 3. The Hall–Kier alpha value is -3.36. The molecule has 1 aliphatic heterocycles. The van der Waals surface area contributed by atoms with Crippen LogP contribution in [0.1, 0.15) is 49.7 Å². The van der Waals surface area contributed by atoms with Crippen LogP contribution < -0.4 is 25.1 Å². The number of esters is 1. The van der Waals surface area contributed by atoms with Crippen molar-refractivity contribution < 1.29 is 24.1 Å². The Morgan fingerprint density at radius 1 is 1.12 bits per heavy atom. The van der Waals surface area contributed by atoms with E-state index in [4.69, 9.17) is 14.2 Å². The standard InChI is InChI=1S/C24H26N2O6/c1-13(26-24(2,3)4)22(28)16-6-9-18(21-15(16)7-10-20(27)25-21)32-23(29)14-5-8-17-19(11-14)31-12-30-17/h5-11,13,22,26,28H,12H2,1-4H3,(H,25,27). The highest BCUT2D eigenvalue weighted by Gasteiger charge is 2.25. The minimum Gasteiger partial charge on any atom is -0.454 e. The summed E-state index contributed by atoms with van der Waals surface area (Å²) in [6, 6.07) is 10.8. The summed E-state index contributed by atoms with van der Waals surface area (Å²) in [5, 5.41) is 14.9. The predicted molar refractivity (Wildman–Crippen MR) is 119 cm³/mol. The fraction of sp³-hybridized carbons (Fsp3) is 0.333. The molecule has 3 N–H and O–H groups in total. The molecule has 3 aromatic rings. The van der Waals surface area contributed by atoms with Crippen molar-refractivity contribution in [2.45, 2.75) is 45.4 Å². The van der Waals surface area contributed by atoms with Crippen LogP contribution in [0.5, 0.6) is 17.2 Å². The largest absolute Gasteiger partial charge is 0.454 e. The molecule has 168 valence electrons. The van der Waals surface area contributed by atoms with E-state index in [0.29, 0.717) is 28.0 Å². The summed E-state index contributed by atoms with van der Waals surface area (Å²) in [5.74, 6) is 0.613. The number of carbonyl (C=O) groups excluding carboxylic acids is 1. The Balaban J connectivity index is 1.67. The van der Waals surface area contributed by atoms with Crippen molar-refractivity contribution in [2.75, 3.05) is 6.79 Å². The van der Waals surface area contributed by atoms with Crippen LogP contribution in [0.25, 0.3) is 10.9 Å². The molecule has 2 atom stereocenters. The molecule has 32 heavy (non-hydrogen) atoms. The maximum absolute atomic E-state index is 12.8. The van der Waals surface area contributed by atoms with E-state index < -0.39 is 12.1 Å². The molecule has 8 heteroatoms. The molecule has 0 amide bonds. The van der Waals surface area contributed by atoms with Gasteiger partial charge in [0.15, 0.2) is 17.2 Å². The summed E-state index contributed by atoms with van der Waals surface area (Å²) >= 11 is 0. The Labute approximate surface area is 185 Å². The number of pyridine rings is 1. The predicted octanol–water partition coefficient (Wildman–Crippen LogP) is 3.29. The maximum Gasteiger partial charge on any atom is 0.343 e. The Morgan fingerprint density at radius 2 is 1.88 bits per heavy atom. The number of rotatable bonds is 5. The molecule has 0 saturated heterocycles. The molecule has 0 bridgehead atoms. The van der Waals surface area contributed by atoms with Gasteiger partial charge >= 0.3 is 5.97 Å². The van der Waals surface area contributed by atoms with Crippen molar-refractivity contribution >= 4 is 16.9 Å². The van der Waals surface area contributed by atoms with E-state index in [-0.39, 0.29) is 35.2 Å². The van der Waals surface area contributed by atoms with Gasteiger partial charge in [0.1, 0.15) is 0 Å². The lowest BCUT2D eigenvalue weighted by Crippen LogP contribution is -2.45. The monoisotopic (exact) mass is 438 g/mol. The van der Waals surface area contributed by atoms with Gasteiger partial charge in [0.05, 0.1) is 17.2 Å². The fourth-order valence-electron chi connectivity index (χ4n) is 3.80. The van der Waals surface area contributed by atoms with Crippen LogP contribution in [0.3, 0.4) is 0 Å². The molecule has 1 aliphatic rings. The number of aliphatic hydroxyl groups is 1. The molecular formula is C24H26N2O6. The first-order valence-electron chi connectivity index (χ1n) is 10.4. The Morgan fingerprint density at radius 3 is 2.62 bits per heavy atom.